The summed E-state index contributed by atoms with van der Waals surface area (Å²) in [6, 6.07) is 18.8. The summed E-state index contributed by atoms with van der Waals surface area (Å²) in [6.07, 6.45) is 0.930. The van der Waals surface area contributed by atoms with E-state index in [9.17, 15) is 14.4 Å². The average Bonchev–Trinajstić information content (AvgIpc) is 2.74. The van der Waals surface area contributed by atoms with E-state index in [-0.39, 0.29) is 17.3 Å². The molecule has 4 rings (SSSR count). The van der Waals surface area contributed by atoms with Crippen LogP contribution in [0.2, 0.25) is 0 Å². The number of hydrogen-bond acceptors (Lipinski definition) is 3. The van der Waals surface area contributed by atoms with Crippen molar-refractivity contribution in [3.8, 4) is 0 Å². The summed E-state index contributed by atoms with van der Waals surface area (Å²) in [5, 5.41) is 2.75. The molecule has 0 radical (unpaired) electrons. The Hall–Kier alpha value is -3.47. The van der Waals surface area contributed by atoms with E-state index < -0.39 is 11.5 Å². The van der Waals surface area contributed by atoms with E-state index in [0.717, 1.165) is 11.1 Å². The topological polar surface area (TPSA) is 79.0 Å². The van der Waals surface area contributed by atoms with Crippen LogP contribution in [0.4, 0.5) is 5.69 Å². The number of amides is 1. The molecular weight excluding hydrogens is 376 g/mol. The molecule has 1 atom stereocenters. The zero-order valence-electron chi connectivity index (χ0n) is 17.1. The van der Waals surface area contributed by atoms with Crippen molar-refractivity contribution >= 4 is 17.4 Å². The Kier molecular flexibility index (Phi) is 5.36. The minimum Gasteiger partial charge on any atom is -0.325 e. The molecule has 0 saturated carbocycles. The molecule has 5 nitrogen and oxygen atoms in total. The van der Waals surface area contributed by atoms with E-state index in [1.165, 1.54) is 6.07 Å². The van der Waals surface area contributed by atoms with Crippen LogP contribution in [-0.2, 0) is 6.42 Å². The highest BCUT2D eigenvalue weighted by molar-refractivity contribution is 6.06. The van der Waals surface area contributed by atoms with Gasteiger partial charge in [0.1, 0.15) is 5.56 Å². The van der Waals surface area contributed by atoms with Crippen LogP contribution in [0.1, 0.15) is 69.6 Å². The number of Topliss-reactive ketones (excluding diaryl/α,β-unsaturated/α-hetero) is 1. The molecule has 1 heterocycles. The van der Waals surface area contributed by atoms with Crippen LogP contribution in [-0.4, -0.2) is 16.7 Å². The first-order valence-electron chi connectivity index (χ1n) is 10.2. The fourth-order valence-corrected chi connectivity index (χ4v) is 3.91. The molecule has 5 heteroatoms. The van der Waals surface area contributed by atoms with Crippen molar-refractivity contribution in [3.63, 3.8) is 0 Å². The molecule has 0 bridgehead atoms. The Morgan fingerprint density at radius 2 is 1.70 bits per heavy atom. The van der Waals surface area contributed by atoms with E-state index >= 15 is 0 Å². The molecule has 2 N–H and O–H groups in total. The molecule has 1 unspecified atom stereocenters. The van der Waals surface area contributed by atoms with Crippen molar-refractivity contribution < 1.29 is 9.59 Å². The van der Waals surface area contributed by atoms with Crippen LogP contribution in [0.5, 0.6) is 0 Å². The van der Waals surface area contributed by atoms with E-state index in [4.69, 9.17) is 0 Å². The van der Waals surface area contributed by atoms with Crippen LogP contribution in [0.25, 0.3) is 0 Å². The van der Waals surface area contributed by atoms with Crippen molar-refractivity contribution in [3.05, 3.63) is 99.0 Å². The van der Waals surface area contributed by atoms with Gasteiger partial charge in [-0.1, -0.05) is 56.3 Å². The van der Waals surface area contributed by atoms with Crippen LogP contribution in [0.3, 0.4) is 0 Å². The number of aromatic amines is 1. The highest BCUT2D eigenvalue weighted by Crippen LogP contribution is 2.31. The lowest BCUT2D eigenvalue weighted by atomic mass is 9.81. The number of carbonyl (C=O) groups is 2. The monoisotopic (exact) mass is 400 g/mol. The number of H-pyrrole nitrogens is 1. The lowest BCUT2D eigenvalue weighted by molar-refractivity contribution is 0.0963. The van der Waals surface area contributed by atoms with Gasteiger partial charge in [-0.15, -0.1) is 0 Å². The Labute approximate surface area is 175 Å². The van der Waals surface area contributed by atoms with Gasteiger partial charge in [0.15, 0.2) is 5.78 Å². The number of benzene rings is 2. The summed E-state index contributed by atoms with van der Waals surface area (Å²) in [5.41, 5.74) is 3.35. The Morgan fingerprint density at radius 3 is 2.37 bits per heavy atom. The first-order chi connectivity index (χ1) is 14.4. The predicted molar refractivity (Wildman–Crippen MR) is 117 cm³/mol. The summed E-state index contributed by atoms with van der Waals surface area (Å²) >= 11 is 0. The second-order valence-corrected chi connectivity index (χ2v) is 8.07. The maximum Gasteiger partial charge on any atom is 0.261 e. The number of pyridine rings is 1. The molecule has 0 fully saturated rings. The fourth-order valence-electron chi connectivity index (χ4n) is 3.91. The molecule has 0 spiro atoms. The Morgan fingerprint density at radius 1 is 1.00 bits per heavy atom. The molecule has 1 aliphatic rings. The predicted octanol–water partition coefficient (Wildman–Crippen LogP) is 4.66. The van der Waals surface area contributed by atoms with Crippen molar-refractivity contribution in [2.24, 2.45) is 0 Å². The van der Waals surface area contributed by atoms with Gasteiger partial charge in [-0.3, -0.25) is 14.4 Å². The van der Waals surface area contributed by atoms with Crippen LogP contribution < -0.4 is 10.9 Å². The second kappa shape index (κ2) is 8.11. The highest BCUT2D eigenvalue weighted by atomic mass is 16.2. The number of carbonyl (C=O) groups excluding carboxylic acids is 2. The quantitative estimate of drug-likeness (QED) is 0.668. The normalized spacial score (nSPS) is 15.7. The third-order valence-electron chi connectivity index (χ3n) is 5.66. The van der Waals surface area contributed by atoms with Gasteiger partial charge in [0.25, 0.3) is 11.5 Å². The first kappa shape index (κ1) is 19.8. The molecule has 2 aromatic carbocycles. The first-order valence-corrected chi connectivity index (χ1v) is 10.2. The van der Waals surface area contributed by atoms with Crippen molar-refractivity contribution in [2.45, 2.75) is 38.5 Å². The fraction of sp³-hybridized carbons (Fsp3) is 0.240. The van der Waals surface area contributed by atoms with Crippen LogP contribution in [0, 0.1) is 0 Å². The maximum atomic E-state index is 12.8. The van der Waals surface area contributed by atoms with Crippen LogP contribution >= 0.6 is 0 Å². The summed E-state index contributed by atoms with van der Waals surface area (Å²) in [6.45, 7) is 4.19. The zero-order valence-corrected chi connectivity index (χ0v) is 17.1. The van der Waals surface area contributed by atoms with Gasteiger partial charge in [0.2, 0.25) is 0 Å². The zero-order chi connectivity index (χ0) is 21.3. The Bertz CT molecular complexity index is 1150. The molecule has 30 heavy (non-hydrogen) atoms. The average molecular weight is 400 g/mol. The van der Waals surface area contributed by atoms with Gasteiger partial charge in [0, 0.05) is 23.4 Å². The van der Waals surface area contributed by atoms with Gasteiger partial charge in [-0.2, -0.15) is 0 Å². The summed E-state index contributed by atoms with van der Waals surface area (Å²) in [5.74, 6) is -0.156. The number of hydrogen-bond donors (Lipinski definition) is 2. The maximum absolute atomic E-state index is 12.8. The molecule has 0 saturated heterocycles. The van der Waals surface area contributed by atoms with Crippen molar-refractivity contribution in [1.82, 2.24) is 4.98 Å². The van der Waals surface area contributed by atoms with Crippen molar-refractivity contribution in [1.29, 1.82) is 0 Å². The minimum atomic E-state index is -0.519. The molecule has 1 amide bonds. The Balaban J connectivity index is 1.58. The number of fused-ring (bicyclic) bond motifs is 1. The molecule has 1 aromatic heterocycles. The number of nitrogens with one attached hydrogen (secondary N) is 2. The molecular formula is C25H24N2O3. The molecule has 1 aliphatic carbocycles. The third-order valence-corrected chi connectivity index (χ3v) is 5.66. The third kappa shape index (κ3) is 3.96. The van der Waals surface area contributed by atoms with Crippen molar-refractivity contribution in [2.75, 3.05) is 5.32 Å². The second-order valence-electron chi connectivity index (χ2n) is 8.07. The smallest absolute Gasteiger partial charge is 0.261 e. The largest absolute Gasteiger partial charge is 0.325 e. The molecule has 152 valence electrons. The van der Waals surface area contributed by atoms with Gasteiger partial charge in [-0.05, 0) is 47.6 Å². The lowest BCUT2D eigenvalue weighted by Gasteiger charge is -2.24. The summed E-state index contributed by atoms with van der Waals surface area (Å²) in [7, 11) is 0. The number of aromatic nitrogens is 1. The SMILES string of the molecule is CC(C)c1ccc(NC(=O)c2cc3c([nH]c2=O)CC(c2ccccc2)CC3=O)cc1. The van der Waals surface area contributed by atoms with Gasteiger partial charge < -0.3 is 10.3 Å². The van der Waals surface area contributed by atoms with E-state index in [0.29, 0.717) is 35.7 Å². The highest BCUT2D eigenvalue weighted by Gasteiger charge is 2.28. The number of anilines is 1. The van der Waals surface area contributed by atoms with Gasteiger partial charge in [0.05, 0.1) is 0 Å². The summed E-state index contributed by atoms with van der Waals surface area (Å²) < 4.78 is 0. The molecule has 3 aromatic rings. The minimum absolute atomic E-state index is 0.0287. The van der Waals surface area contributed by atoms with Gasteiger partial charge in [-0.25, -0.2) is 0 Å². The van der Waals surface area contributed by atoms with E-state index in [1.807, 2.05) is 54.6 Å². The number of ketones is 1. The standard InChI is InChI=1S/C25H24N2O3/c1-15(2)16-8-10-19(11-9-16)26-24(29)21-14-20-22(27-25(21)30)12-18(13-23(20)28)17-6-4-3-5-7-17/h3-11,14-15,18H,12-13H2,1-2H3,(H,26,29)(H,27,30). The van der Waals surface area contributed by atoms with E-state index in [2.05, 4.69) is 24.1 Å². The van der Waals surface area contributed by atoms with Crippen LogP contribution in [0.15, 0.2) is 65.5 Å². The van der Waals surface area contributed by atoms with Gasteiger partial charge >= 0.3 is 0 Å². The molecule has 0 aliphatic heterocycles. The lowest BCUT2D eigenvalue weighted by Crippen LogP contribution is -2.29. The van der Waals surface area contributed by atoms with E-state index in [1.54, 1.807) is 0 Å². The number of rotatable bonds is 4. The summed E-state index contributed by atoms with van der Waals surface area (Å²) in [4.78, 5) is 40.8.